The number of likely N-dealkylation sites (N-methyl/N-ethyl adjacent to an activating group) is 1. The van der Waals surface area contributed by atoms with E-state index in [1.165, 1.54) is 17.5 Å². The first kappa shape index (κ1) is 27.3. The number of anilines is 1. The molecule has 2 atom stereocenters. The summed E-state index contributed by atoms with van der Waals surface area (Å²) in [5.41, 5.74) is 5.88. The van der Waals surface area contributed by atoms with Crippen molar-refractivity contribution in [2.45, 2.75) is 76.3 Å². The zero-order valence-corrected chi connectivity index (χ0v) is 25.0. The largest absolute Gasteiger partial charge is 0.462 e. The van der Waals surface area contributed by atoms with Gasteiger partial charge in [0.1, 0.15) is 12.4 Å². The van der Waals surface area contributed by atoms with Gasteiger partial charge in [-0.3, -0.25) is 9.48 Å². The number of hydrogen-bond acceptors (Lipinski definition) is 8. The molecule has 1 saturated heterocycles. The number of carbonyl (C=O) groups is 1. The molecule has 1 fully saturated rings. The molecule has 1 amide bonds. The minimum absolute atomic E-state index is 0.0828. The maximum Gasteiger partial charge on any atom is 0.318 e. The lowest BCUT2D eigenvalue weighted by Gasteiger charge is -2.42. The maximum absolute atomic E-state index is 12.7. The van der Waals surface area contributed by atoms with E-state index in [0.717, 1.165) is 74.5 Å². The highest BCUT2D eigenvalue weighted by atomic mass is 16.5. The number of rotatable bonds is 5. The Kier molecular flexibility index (Phi) is 7.14. The Balaban J connectivity index is 1.24. The topological polar surface area (TPSA) is 88.9 Å². The summed E-state index contributed by atoms with van der Waals surface area (Å²) in [6.45, 7) is 4.34. The molecule has 10 heteroatoms. The van der Waals surface area contributed by atoms with Crippen molar-refractivity contribution in [3.05, 3.63) is 64.1 Å². The quantitative estimate of drug-likeness (QED) is 0.460. The molecule has 3 aromatic rings. The van der Waals surface area contributed by atoms with Gasteiger partial charge in [-0.05, 0) is 69.3 Å². The van der Waals surface area contributed by atoms with Gasteiger partial charge in [0.15, 0.2) is 5.69 Å². The van der Waals surface area contributed by atoms with Gasteiger partial charge >= 0.3 is 6.01 Å². The van der Waals surface area contributed by atoms with Crippen LogP contribution in [0.2, 0.25) is 0 Å². The van der Waals surface area contributed by atoms with Crippen LogP contribution < -0.4 is 9.64 Å². The van der Waals surface area contributed by atoms with Gasteiger partial charge in [0.05, 0.1) is 30.1 Å². The third-order valence-corrected chi connectivity index (χ3v) is 9.55. The van der Waals surface area contributed by atoms with Crippen LogP contribution in [-0.4, -0.2) is 82.3 Å². The predicted octanol–water partition coefficient (Wildman–Crippen LogP) is 3.56. The van der Waals surface area contributed by atoms with Gasteiger partial charge in [0.25, 0.3) is 5.91 Å². The average molecular weight is 572 g/mol. The Bertz CT molecular complexity index is 1490. The number of nitrogens with zero attached hydrogens (tertiary/aromatic N) is 7. The lowest BCUT2D eigenvalue weighted by Crippen LogP contribution is -2.40. The van der Waals surface area contributed by atoms with Crippen LogP contribution in [-0.2, 0) is 42.9 Å². The van der Waals surface area contributed by atoms with Gasteiger partial charge in [-0.2, -0.15) is 15.1 Å². The molecule has 0 N–H and O–H groups in total. The number of likely N-dealkylation sites (tertiary alicyclic amines) is 1. The molecule has 2 aromatic heterocycles. The number of amides is 1. The summed E-state index contributed by atoms with van der Waals surface area (Å²) in [5.74, 6) is 0.796. The summed E-state index contributed by atoms with van der Waals surface area (Å²) in [6.07, 6.45) is 7.10. The minimum Gasteiger partial charge on any atom is -0.462 e. The van der Waals surface area contributed by atoms with E-state index >= 15 is 0 Å². The molecule has 3 aliphatic heterocycles. The van der Waals surface area contributed by atoms with Crippen LogP contribution in [0.3, 0.4) is 0 Å². The van der Waals surface area contributed by atoms with E-state index in [0.29, 0.717) is 43.9 Å². The average Bonchev–Trinajstić information content (AvgIpc) is 3.54. The first-order valence-corrected chi connectivity index (χ1v) is 15.4. The summed E-state index contributed by atoms with van der Waals surface area (Å²) in [6, 6.07) is 11.5. The standard InChI is InChI=1S/C32H41N7O3/c1-36(2)30(40)27-17-24-19-38(15-8-16-39(24)35-27)29-25-21-42-32(13-6-10-22-9-4-5-12-26(22)32)18-28(25)33-31(34-29)41-20-23-11-7-14-37(23)3/h4-5,9,12,17,23H,6-8,10-11,13-16,18-21H2,1-3H3. The van der Waals surface area contributed by atoms with Crippen molar-refractivity contribution >= 4 is 11.7 Å². The van der Waals surface area contributed by atoms with Gasteiger partial charge in [0, 0.05) is 45.2 Å². The van der Waals surface area contributed by atoms with Crippen molar-refractivity contribution in [3.63, 3.8) is 0 Å². The fourth-order valence-corrected chi connectivity index (χ4v) is 7.20. The molecule has 1 spiro atoms. The van der Waals surface area contributed by atoms with E-state index < -0.39 is 0 Å². The molecule has 1 aliphatic carbocycles. The van der Waals surface area contributed by atoms with Crippen LogP contribution in [0.4, 0.5) is 5.82 Å². The molecular formula is C32H41N7O3. The Labute approximate surface area is 247 Å². The molecule has 1 aromatic carbocycles. The number of carbonyl (C=O) groups excluding carboxylic acids is 1. The van der Waals surface area contributed by atoms with Crippen LogP contribution in [0, 0.1) is 0 Å². The first-order chi connectivity index (χ1) is 20.4. The van der Waals surface area contributed by atoms with Crippen LogP contribution >= 0.6 is 0 Å². The van der Waals surface area contributed by atoms with E-state index in [-0.39, 0.29) is 11.5 Å². The second-order valence-electron chi connectivity index (χ2n) is 12.5. The number of aromatic nitrogens is 4. The van der Waals surface area contributed by atoms with E-state index in [2.05, 4.69) is 46.2 Å². The van der Waals surface area contributed by atoms with Crippen molar-refractivity contribution in [3.8, 4) is 6.01 Å². The highest BCUT2D eigenvalue weighted by molar-refractivity contribution is 5.92. The minimum atomic E-state index is -0.366. The third kappa shape index (κ3) is 4.94. The monoisotopic (exact) mass is 571 g/mol. The van der Waals surface area contributed by atoms with Crippen LogP contribution in [0.15, 0.2) is 30.3 Å². The molecule has 0 bridgehead atoms. The summed E-state index contributed by atoms with van der Waals surface area (Å²) in [4.78, 5) is 29.0. The summed E-state index contributed by atoms with van der Waals surface area (Å²) in [7, 11) is 5.68. The molecule has 4 aliphatic rings. The third-order valence-electron chi connectivity index (χ3n) is 9.55. The van der Waals surface area contributed by atoms with E-state index in [1.54, 1.807) is 19.0 Å². The lowest BCUT2D eigenvalue weighted by molar-refractivity contribution is -0.0855. The van der Waals surface area contributed by atoms with E-state index in [4.69, 9.17) is 19.4 Å². The number of fused-ring (bicyclic) bond motifs is 4. The molecule has 2 unspecified atom stereocenters. The zero-order chi connectivity index (χ0) is 28.8. The highest BCUT2D eigenvalue weighted by Gasteiger charge is 2.43. The van der Waals surface area contributed by atoms with Gasteiger partial charge in [0.2, 0.25) is 0 Å². The fourth-order valence-electron chi connectivity index (χ4n) is 7.20. The fraction of sp³-hybridized carbons (Fsp3) is 0.562. The molecular weight excluding hydrogens is 530 g/mol. The molecule has 222 valence electrons. The molecule has 7 rings (SSSR count). The Morgan fingerprint density at radius 1 is 1.14 bits per heavy atom. The zero-order valence-electron chi connectivity index (χ0n) is 25.0. The molecule has 10 nitrogen and oxygen atoms in total. The van der Waals surface area contributed by atoms with Gasteiger partial charge < -0.3 is 24.2 Å². The second kappa shape index (κ2) is 11.0. The van der Waals surface area contributed by atoms with Gasteiger partial charge in [-0.1, -0.05) is 24.3 Å². The van der Waals surface area contributed by atoms with Crippen molar-refractivity contribution in [1.29, 1.82) is 0 Å². The van der Waals surface area contributed by atoms with Crippen LogP contribution in [0.5, 0.6) is 6.01 Å². The number of benzene rings is 1. The van der Waals surface area contributed by atoms with Crippen LogP contribution in [0.1, 0.15) is 70.7 Å². The van der Waals surface area contributed by atoms with Crippen LogP contribution in [0.25, 0.3) is 0 Å². The van der Waals surface area contributed by atoms with Gasteiger partial charge in [-0.15, -0.1) is 0 Å². The Morgan fingerprint density at radius 2 is 2.02 bits per heavy atom. The number of hydrogen-bond donors (Lipinski definition) is 0. The number of aryl methyl sites for hydroxylation is 2. The summed E-state index contributed by atoms with van der Waals surface area (Å²) < 4.78 is 15.2. The predicted molar refractivity (Wildman–Crippen MR) is 159 cm³/mol. The Hall–Kier alpha value is -3.50. The summed E-state index contributed by atoms with van der Waals surface area (Å²) in [5, 5.41) is 4.64. The SMILES string of the molecule is CN(C)C(=O)c1cc2n(n1)CCCN(c1nc(OCC3CCCN3C)nc3c1COC1(CCCc4ccccc41)C3)C2. The molecule has 0 radical (unpaired) electrons. The van der Waals surface area contributed by atoms with Crippen molar-refractivity contribution < 1.29 is 14.3 Å². The normalized spacial score (nSPS) is 23.7. The Morgan fingerprint density at radius 3 is 2.86 bits per heavy atom. The van der Waals surface area contributed by atoms with Gasteiger partial charge in [-0.25, -0.2) is 0 Å². The smallest absolute Gasteiger partial charge is 0.318 e. The van der Waals surface area contributed by atoms with Crippen molar-refractivity contribution in [2.75, 3.05) is 45.7 Å². The molecule has 0 saturated carbocycles. The second-order valence-corrected chi connectivity index (χ2v) is 12.5. The van der Waals surface area contributed by atoms with E-state index in [1.807, 2.05) is 10.7 Å². The van der Waals surface area contributed by atoms with E-state index in [9.17, 15) is 4.79 Å². The first-order valence-electron chi connectivity index (χ1n) is 15.4. The van der Waals surface area contributed by atoms with Crippen molar-refractivity contribution in [2.24, 2.45) is 0 Å². The maximum atomic E-state index is 12.7. The number of ether oxygens (including phenoxy) is 2. The highest BCUT2D eigenvalue weighted by Crippen LogP contribution is 2.46. The summed E-state index contributed by atoms with van der Waals surface area (Å²) >= 11 is 0. The molecule has 42 heavy (non-hydrogen) atoms. The van der Waals surface area contributed by atoms with Crippen molar-refractivity contribution in [1.82, 2.24) is 29.5 Å². The molecule has 5 heterocycles. The lowest BCUT2D eigenvalue weighted by atomic mass is 9.75.